The van der Waals surface area contributed by atoms with Gasteiger partial charge in [-0.05, 0) is 25.2 Å². The summed E-state index contributed by atoms with van der Waals surface area (Å²) in [5.74, 6) is 1.23. The molecule has 0 amide bonds. The Morgan fingerprint density at radius 2 is 2.05 bits per heavy atom. The second kappa shape index (κ2) is 6.59. The Hall–Kier alpha value is -0.780. The molecule has 1 saturated heterocycles. The third-order valence-corrected chi connectivity index (χ3v) is 4.82. The summed E-state index contributed by atoms with van der Waals surface area (Å²) < 4.78 is 22.9. The minimum Gasteiger partial charge on any atom is -0.357 e. The van der Waals surface area contributed by atoms with E-state index in [1.807, 2.05) is 6.92 Å². The third kappa shape index (κ3) is 6.80. The molecule has 1 atom stereocenters. The lowest BCUT2D eigenvalue weighted by Crippen LogP contribution is -2.44. The summed E-state index contributed by atoms with van der Waals surface area (Å²) >= 11 is 0. The van der Waals surface area contributed by atoms with Crippen molar-refractivity contribution in [1.29, 1.82) is 0 Å². The zero-order valence-electron chi connectivity index (χ0n) is 12.5. The largest absolute Gasteiger partial charge is 0.357 e. The van der Waals surface area contributed by atoms with Crippen LogP contribution in [0.3, 0.4) is 0 Å². The topological polar surface area (TPSA) is 70.6 Å². The molecule has 19 heavy (non-hydrogen) atoms. The lowest BCUT2D eigenvalue weighted by Gasteiger charge is -2.18. The zero-order chi connectivity index (χ0) is 14.5. The van der Waals surface area contributed by atoms with E-state index >= 15 is 0 Å². The van der Waals surface area contributed by atoms with Gasteiger partial charge in [0.25, 0.3) is 0 Å². The second-order valence-electron chi connectivity index (χ2n) is 6.32. The van der Waals surface area contributed by atoms with Crippen molar-refractivity contribution in [2.75, 3.05) is 24.6 Å². The molecular formula is C13H27N3O2S. The Balaban J connectivity index is 2.51. The van der Waals surface area contributed by atoms with Gasteiger partial charge in [0, 0.05) is 19.1 Å². The van der Waals surface area contributed by atoms with Crippen LogP contribution in [0.25, 0.3) is 0 Å². The van der Waals surface area contributed by atoms with Gasteiger partial charge in [-0.25, -0.2) is 8.42 Å². The Bertz CT molecular complexity index is 410. The molecule has 1 heterocycles. The van der Waals surface area contributed by atoms with Crippen LogP contribution < -0.4 is 10.6 Å². The minimum absolute atomic E-state index is 0.00237. The average molecular weight is 289 g/mol. The molecule has 0 aromatic rings. The molecule has 0 radical (unpaired) electrons. The molecular weight excluding hydrogens is 262 g/mol. The van der Waals surface area contributed by atoms with Crippen LogP contribution in [-0.2, 0) is 9.84 Å². The van der Waals surface area contributed by atoms with E-state index in [0.717, 1.165) is 25.5 Å². The van der Waals surface area contributed by atoms with Crippen LogP contribution in [0.5, 0.6) is 0 Å². The number of hydrogen-bond acceptors (Lipinski definition) is 3. The van der Waals surface area contributed by atoms with Crippen molar-refractivity contribution < 1.29 is 8.42 Å². The molecule has 2 N–H and O–H groups in total. The zero-order valence-corrected chi connectivity index (χ0v) is 13.3. The van der Waals surface area contributed by atoms with E-state index in [1.54, 1.807) is 0 Å². The third-order valence-electron chi connectivity index (χ3n) is 3.05. The summed E-state index contributed by atoms with van der Waals surface area (Å²) in [4.78, 5) is 4.51. The van der Waals surface area contributed by atoms with Crippen LogP contribution in [0.1, 0.15) is 40.5 Å². The average Bonchev–Trinajstić information content (AvgIpc) is 2.56. The van der Waals surface area contributed by atoms with Gasteiger partial charge in [-0.2, -0.15) is 0 Å². The maximum absolute atomic E-state index is 11.4. The maximum atomic E-state index is 11.4. The van der Waals surface area contributed by atoms with Crippen molar-refractivity contribution in [1.82, 2.24) is 10.6 Å². The molecule has 0 aromatic heterocycles. The number of sulfone groups is 1. The van der Waals surface area contributed by atoms with Crippen molar-refractivity contribution in [2.45, 2.75) is 46.6 Å². The smallest absolute Gasteiger partial charge is 0.191 e. The highest BCUT2D eigenvalue weighted by atomic mass is 32.2. The number of nitrogens with one attached hydrogen (secondary N) is 2. The molecule has 1 unspecified atom stereocenters. The molecule has 112 valence electrons. The summed E-state index contributed by atoms with van der Waals surface area (Å²) in [5, 5.41) is 6.39. The Kier molecular flexibility index (Phi) is 5.64. The standard InChI is InChI=1S/C13H27N3O2S/c1-5-14-12(15-8-7-13(2,3)4)16-11-6-9-19(17,18)10-11/h11H,5-10H2,1-4H3,(H2,14,15,16). The van der Waals surface area contributed by atoms with E-state index in [2.05, 4.69) is 36.4 Å². The summed E-state index contributed by atoms with van der Waals surface area (Å²) in [7, 11) is -2.85. The van der Waals surface area contributed by atoms with Crippen LogP contribution in [0.4, 0.5) is 0 Å². The van der Waals surface area contributed by atoms with E-state index in [4.69, 9.17) is 0 Å². The van der Waals surface area contributed by atoms with Gasteiger partial charge in [-0.15, -0.1) is 0 Å². The van der Waals surface area contributed by atoms with E-state index in [9.17, 15) is 8.42 Å². The Labute approximate surface area is 117 Å². The molecule has 1 rings (SSSR count). The first-order valence-electron chi connectivity index (χ1n) is 6.97. The Morgan fingerprint density at radius 3 is 2.53 bits per heavy atom. The van der Waals surface area contributed by atoms with E-state index in [0.29, 0.717) is 6.42 Å². The fourth-order valence-corrected chi connectivity index (χ4v) is 3.60. The Morgan fingerprint density at radius 1 is 1.37 bits per heavy atom. The van der Waals surface area contributed by atoms with E-state index < -0.39 is 9.84 Å². The maximum Gasteiger partial charge on any atom is 0.191 e. The first-order chi connectivity index (χ1) is 8.72. The molecule has 1 aliphatic rings. The van der Waals surface area contributed by atoms with Crippen molar-refractivity contribution in [2.24, 2.45) is 10.4 Å². The molecule has 0 aliphatic carbocycles. The number of nitrogens with zero attached hydrogens (tertiary/aromatic N) is 1. The van der Waals surface area contributed by atoms with Gasteiger partial charge in [0.05, 0.1) is 11.5 Å². The summed E-state index contributed by atoms with van der Waals surface area (Å²) in [6, 6.07) is -0.00237. The highest BCUT2D eigenvalue weighted by Crippen LogP contribution is 2.17. The second-order valence-corrected chi connectivity index (χ2v) is 8.54. The first-order valence-corrected chi connectivity index (χ1v) is 8.79. The monoisotopic (exact) mass is 289 g/mol. The molecule has 6 heteroatoms. The molecule has 1 aliphatic heterocycles. The highest BCUT2D eigenvalue weighted by Gasteiger charge is 2.28. The number of aliphatic imine (C=N–C) groups is 1. The minimum atomic E-state index is -2.85. The quantitative estimate of drug-likeness (QED) is 0.602. The predicted molar refractivity (Wildman–Crippen MR) is 80.2 cm³/mol. The first kappa shape index (κ1) is 16.3. The molecule has 5 nitrogen and oxygen atoms in total. The highest BCUT2D eigenvalue weighted by molar-refractivity contribution is 7.91. The van der Waals surface area contributed by atoms with Crippen molar-refractivity contribution in [3.63, 3.8) is 0 Å². The lowest BCUT2D eigenvalue weighted by molar-refractivity contribution is 0.384. The van der Waals surface area contributed by atoms with Gasteiger partial charge in [0.1, 0.15) is 0 Å². The number of hydrogen-bond donors (Lipinski definition) is 2. The van der Waals surface area contributed by atoms with Crippen LogP contribution in [0.2, 0.25) is 0 Å². The van der Waals surface area contributed by atoms with Gasteiger partial charge < -0.3 is 10.6 Å². The SMILES string of the molecule is CCNC(=NCCC(C)(C)C)NC1CCS(=O)(=O)C1. The summed E-state index contributed by atoms with van der Waals surface area (Å²) in [6.07, 6.45) is 1.68. The van der Waals surface area contributed by atoms with Crippen molar-refractivity contribution >= 4 is 15.8 Å². The predicted octanol–water partition coefficient (Wildman–Crippen LogP) is 1.16. The van der Waals surface area contributed by atoms with Gasteiger partial charge >= 0.3 is 0 Å². The molecule has 0 aromatic carbocycles. The van der Waals surface area contributed by atoms with Crippen LogP contribution in [0.15, 0.2) is 4.99 Å². The molecule has 0 saturated carbocycles. The van der Waals surface area contributed by atoms with Gasteiger partial charge in [0.15, 0.2) is 15.8 Å². The van der Waals surface area contributed by atoms with Gasteiger partial charge in [0.2, 0.25) is 0 Å². The normalized spacial score (nSPS) is 23.4. The molecule has 0 spiro atoms. The van der Waals surface area contributed by atoms with Gasteiger partial charge in [-0.1, -0.05) is 20.8 Å². The van der Waals surface area contributed by atoms with E-state index in [1.165, 1.54) is 0 Å². The van der Waals surface area contributed by atoms with Crippen molar-refractivity contribution in [3.8, 4) is 0 Å². The summed E-state index contributed by atoms with van der Waals surface area (Å²) in [6.45, 7) is 10.1. The fraction of sp³-hybridized carbons (Fsp3) is 0.923. The number of guanidine groups is 1. The summed E-state index contributed by atoms with van der Waals surface area (Å²) in [5.41, 5.74) is 0.261. The van der Waals surface area contributed by atoms with Crippen LogP contribution >= 0.6 is 0 Å². The molecule has 1 fully saturated rings. The van der Waals surface area contributed by atoms with Gasteiger partial charge in [-0.3, -0.25) is 4.99 Å². The van der Waals surface area contributed by atoms with Crippen LogP contribution in [0, 0.1) is 5.41 Å². The van der Waals surface area contributed by atoms with Crippen LogP contribution in [-0.4, -0.2) is 45.0 Å². The number of rotatable bonds is 4. The fourth-order valence-electron chi connectivity index (χ4n) is 1.93. The lowest BCUT2D eigenvalue weighted by atomic mass is 9.92. The van der Waals surface area contributed by atoms with Crippen molar-refractivity contribution in [3.05, 3.63) is 0 Å². The van der Waals surface area contributed by atoms with E-state index in [-0.39, 0.29) is 23.0 Å². The molecule has 0 bridgehead atoms.